The summed E-state index contributed by atoms with van der Waals surface area (Å²) in [4.78, 5) is 7.70. The molecule has 0 atom stereocenters. The fraction of sp³-hybridized carbons (Fsp3) is 0.125. The number of aliphatic imine (C=N–C) groups is 1. The van der Waals surface area contributed by atoms with Crippen molar-refractivity contribution in [2.45, 2.75) is 12.7 Å². The highest BCUT2D eigenvalue weighted by atomic mass is 79.9. The van der Waals surface area contributed by atoms with Gasteiger partial charge in [0, 0.05) is 17.4 Å². The van der Waals surface area contributed by atoms with Gasteiger partial charge in [-0.3, -0.25) is 4.52 Å². The molecule has 0 aliphatic carbocycles. The van der Waals surface area contributed by atoms with E-state index in [-0.39, 0.29) is 11.6 Å². The van der Waals surface area contributed by atoms with E-state index in [4.69, 9.17) is 4.52 Å². The molecule has 7 nitrogen and oxygen atoms in total. The van der Waals surface area contributed by atoms with Crippen molar-refractivity contribution >= 4 is 33.5 Å². The zero-order chi connectivity index (χ0) is 19.4. The lowest BCUT2D eigenvalue weighted by Gasteiger charge is -2.14. The number of nitrogens with one attached hydrogen (secondary N) is 1. The third-order valence-corrected chi connectivity index (χ3v) is 3.75. The van der Waals surface area contributed by atoms with E-state index in [0.29, 0.717) is 11.1 Å². The summed E-state index contributed by atoms with van der Waals surface area (Å²) in [6, 6.07) is 6.94. The molecule has 140 valence electrons. The molecule has 0 saturated carbocycles. The number of nitrogens with zero attached hydrogens (tertiary/aromatic N) is 4. The van der Waals surface area contributed by atoms with Gasteiger partial charge in [-0.1, -0.05) is 6.07 Å². The van der Waals surface area contributed by atoms with E-state index in [1.165, 1.54) is 23.0 Å². The topological polar surface area (TPSA) is 90.3 Å². The van der Waals surface area contributed by atoms with Crippen LogP contribution in [-0.2, 0) is 12.7 Å². The molecule has 2 aromatic heterocycles. The summed E-state index contributed by atoms with van der Waals surface area (Å²) >= 11 is 3.23. The third kappa shape index (κ3) is 5.26. The van der Waals surface area contributed by atoms with Crippen molar-refractivity contribution in [2.75, 3.05) is 5.32 Å². The van der Waals surface area contributed by atoms with Gasteiger partial charge in [-0.2, -0.15) is 13.2 Å². The highest BCUT2D eigenvalue weighted by molar-refractivity contribution is 9.10. The number of hydrogen-bond acceptors (Lipinski definition) is 5. The maximum absolute atomic E-state index is 12.7. The van der Waals surface area contributed by atoms with E-state index in [2.05, 4.69) is 36.5 Å². The number of rotatable bonds is 4. The molecule has 0 unspecified atom stereocenters. The van der Waals surface area contributed by atoms with Gasteiger partial charge in [0.1, 0.15) is 4.60 Å². The SMILES string of the molecule is [O-]C(=Nc1c[n+](Cc2ccc(Br)nc2)no1)Nc1cccc(C(F)(F)F)c1. The van der Waals surface area contributed by atoms with Gasteiger partial charge in [0.05, 0.1) is 11.6 Å². The molecule has 0 amide bonds. The van der Waals surface area contributed by atoms with Gasteiger partial charge in [-0.05, 0) is 50.9 Å². The van der Waals surface area contributed by atoms with Crippen LogP contribution in [0.4, 0.5) is 24.7 Å². The van der Waals surface area contributed by atoms with Crippen molar-refractivity contribution in [3.05, 3.63) is 64.5 Å². The molecule has 0 aliphatic heterocycles. The van der Waals surface area contributed by atoms with Crippen molar-refractivity contribution in [3.63, 3.8) is 0 Å². The molecule has 1 aromatic carbocycles. The quantitative estimate of drug-likeness (QED) is 0.291. The Balaban J connectivity index is 1.68. The second-order valence-corrected chi connectivity index (χ2v) is 6.16. The second-order valence-electron chi connectivity index (χ2n) is 5.35. The average molecular weight is 442 g/mol. The Bertz CT molecular complexity index is 957. The smallest absolute Gasteiger partial charge is 0.416 e. The van der Waals surface area contributed by atoms with E-state index in [1.54, 1.807) is 12.3 Å². The molecule has 0 bridgehead atoms. The number of halogens is 4. The van der Waals surface area contributed by atoms with Crippen LogP contribution in [0, 0.1) is 0 Å². The minimum atomic E-state index is -4.50. The normalized spacial score (nSPS) is 12.2. The number of anilines is 1. The molecule has 0 radical (unpaired) electrons. The van der Waals surface area contributed by atoms with E-state index < -0.39 is 17.8 Å². The van der Waals surface area contributed by atoms with E-state index in [0.717, 1.165) is 17.7 Å². The first-order valence-electron chi connectivity index (χ1n) is 7.46. The number of hydrogen-bond donors (Lipinski definition) is 1. The molecule has 3 rings (SSSR count). The fourth-order valence-corrected chi connectivity index (χ4v) is 2.34. The van der Waals surface area contributed by atoms with Gasteiger partial charge in [0.2, 0.25) is 11.8 Å². The summed E-state index contributed by atoms with van der Waals surface area (Å²) in [5.41, 5.74) is -0.0655. The number of aromatic nitrogens is 3. The van der Waals surface area contributed by atoms with Crippen molar-refractivity contribution in [1.82, 2.24) is 10.3 Å². The number of amidine groups is 1. The monoisotopic (exact) mass is 441 g/mol. The van der Waals surface area contributed by atoms with Crippen molar-refractivity contribution < 1.29 is 27.5 Å². The minimum absolute atomic E-state index is 0.0353. The predicted molar refractivity (Wildman–Crippen MR) is 89.9 cm³/mol. The lowest BCUT2D eigenvalue weighted by atomic mass is 10.2. The molecule has 11 heteroatoms. The van der Waals surface area contributed by atoms with Gasteiger partial charge in [0.25, 0.3) is 6.20 Å². The Hall–Kier alpha value is -2.95. The summed E-state index contributed by atoms with van der Waals surface area (Å²) in [5, 5.41) is 17.8. The lowest BCUT2D eigenvalue weighted by Crippen LogP contribution is -2.35. The van der Waals surface area contributed by atoms with E-state index >= 15 is 0 Å². The highest BCUT2D eigenvalue weighted by Crippen LogP contribution is 2.30. The fourth-order valence-electron chi connectivity index (χ4n) is 2.10. The first-order valence-corrected chi connectivity index (χ1v) is 8.26. The van der Waals surface area contributed by atoms with Gasteiger partial charge in [-0.15, -0.1) is 0 Å². The lowest BCUT2D eigenvalue weighted by molar-refractivity contribution is -0.754. The summed E-state index contributed by atoms with van der Waals surface area (Å²) in [7, 11) is 0. The zero-order valence-corrected chi connectivity index (χ0v) is 15.0. The highest BCUT2D eigenvalue weighted by Gasteiger charge is 2.30. The molecule has 0 spiro atoms. The Kier molecular flexibility index (Phi) is 5.40. The standard InChI is InChI=1S/C16H11BrF3N5O2/c17-13-5-4-10(7-21-13)8-25-9-14(27-24-25)23-15(26)22-12-3-1-2-11(6-12)16(18,19)20/h1-7,9H,8H2,(H-,22,23,24,26). The maximum atomic E-state index is 12.7. The Labute approximate surface area is 159 Å². The van der Waals surface area contributed by atoms with Gasteiger partial charge in [-0.25, -0.2) is 9.98 Å². The molecule has 1 N–H and O–H groups in total. The van der Waals surface area contributed by atoms with E-state index in [1.807, 2.05) is 6.07 Å². The largest absolute Gasteiger partial charge is 0.846 e. The zero-order valence-electron chi connectivity index (χ0n) is 13.4. The third-order valence-electron chi connectivity index (χ3n) is 3.28. The molecule has 0 saturated heterocycles. The van der Waals surface area contributed by atoms with Gasteiger partial charge in [0.15, 0.2) is 0 Å². The van der Waals surface area contributed by atoms with Crippen molar-refractivity contribution in [3.8, 4) is 0 Å². The molecule has 0 aliphatic rings. The van der Waals surface area contributed by atoms with Crippen LogP contribution in [-0.4, -0.2) is 16.3 Å². The van der Waals surface area contributed by atoms with Crippen molar-refractivity contribution in [2.24, 2.45) is 4.99 Å². The first-order chi connectivity index (χ1) is 12.8. The van der Waals surface area contributed by atoms with Gasteiger partial charge >= 0.3 is 12.1 Å². The van der Waals surface area contributed by atoms with Crippen LogP contribution in [0.25, 0.3) is 0 Å². The summed E-state index contributed by atoms with van der Waals surface area (Å²) in [6.07, 6.45) is -1.48. The average Bonchev–Trinajstić information content (AvgIpc) is 3.03. The van der Waals surface area contributed by atoms with Crippen LogP contribution < -0.4 is 15.1 Å². The summed E-state index contributed by atoms with van der Waals surface area (Å²) in [5.74, 6) is -0.0930. The van der Waals surface area contributed by atoms with Crippen LogP contribution in [0.3, 0.4) is 0 Å². The second kappa shape index (κ2) is 7.74. The Morgan fingerprint density at radius 2 is 2.11 bits per heavy atom. The van der Waals surface area contributed by atoms with Crippen LogP contribution in [0.5, 0.6) is 0 Å². The van der Waals surface area contributed by atoms with Crippen LogP contribution in [0.1, 0.15) is 11.1 Å². The molecule has 3 aromatic rings. The van der Waals surface area contributed by atoms with Crippen LogP contribution in [0.15, 0.2) is 62.9 Å². The van der Waals surface area contributed by atoms with Crippen molar-refractivity contribution in [1.29, 1.82) is 0 Å². The summed E-state index contributed by atoms with van der Waals surface area (Å²) < 4.78 is 45.1. The Morgan fingerprint density at radius 1 is 1.30 bits per heavy atom. The first kappa shape index (κ1) is 18.8. The molecule has 0 fully saturated rings. The van der Waals surface area contributed by atoms with Gasteiger partial charge < -0.3 is 10.4 Å². The molecular formula is C16H11BrF3N5O2. The number of pyridine rings is 1. The van der Waals surface area contributed by atoms with Crippen LogP contribution >= 0.6 is 15.9 Å². The van der Waals surface area contributed by atoms with E-state index in [9.17, 15) is 18.3 Å². The minimum Gasteiger partial charge on any atom is -0.846 e. The van der Waals surface area contributed by atoms with Crippen LogP contribution in [0.2, 0.25) is 0 Å². The maximum Gasteiger partial charge on any atom is 0.416 e. The number of alkyl halides is 3. The Morgan fingerprint density at radius 3 is 2.81 bits per heavy atom. The molecule has 27 heavy (non-hydrogen) atoms. The summed E-state index contributed by atoms with van der Waals surface area (Å²) in [6.45, 7) is 0.342. The molecule has 2 heterocycles. The molecular weight excluding hydrogens is 431 g/mol. The predicted octanol–water partition coefficient (Wildman–Crippen LogP) is 2.65. The number of benzene rings is 1.